The Morgan fingerprint density at radius 2 is 1.67 bits per heavy atom. The van der Waals surface area contributed by atoms with Gasteiger partial charge in [-0.3, -0.25) is 4.79 Å². The first kappa shape index (κ1) is 18.6. The number of carbonyl (C=O) groups is 2. The molecule has 0 aromatic heterocycles. The highest BCUT2D eigenvalue weighted by molar-refractivity contribution is 6.18. The molecule has 0 rings (SSSR count). The van der Waals surface area contributed by atoms with Crippen molar-refractivity contribution in [3.63, 3.8) is 0 Å². The third-order valence-corrected chi connectivity index (χ3v) is 2.06. The number of amidine groups is 1. The zero-order valence-corrected chi connectivity index (χ0v) is 12.7. The van der Waals surface area contributed by atoms with Gasteiger partial charge in [0.05, 0.1) is 13.2 Å². The van der Waals surface area contributed by atoms with Gasteiger partial charge in [-0.2, -0.15) is 5.10 Å². The van der Waals surface area contributed by atoms with Crippen LogP contribution in [0, 0.1) is 0 Å². The Labute approximate surface area is 123 Å². The van der Waals surface area contributed by atoms with Gasteiger partial charge in [0.15, 0.2) is 11.4 Å². The lowest BCUT2D eigenvalue weighted by molar-refractivity contribution is -0.138. The molecule has 0 amide bonds. The van der Waals surface area contributed by atoms with Crippen molar-refractivity contribution < 1.29 is 24.2 Å². The number of hydrogen-bond donors (Lipinski definition) is 2. The minimum absolute atomic E-state index is 0.0802. The van der Waals surface area contributed by atoms with E-state index in [2.05, 4.69) is 10.2 Å². The van der Waals surface area contributed by atoms with Gasteiger partial charge in [0.2, 0.25) is 0 Å². The first-order chi connectivity index (χ1) is 9.83. The van der Waals surface area contributed by atoms with Crippen LogP contribution in [-0.2, 0) is 19.1 Å². The average molecular weight is 299 g/mol. The van der Waals surface area contributed by atoms with E-state index in [9.17, 15) is 14.7 Å². The fraction of sp³-hybridized carbons (Fsp3) is 0.538. The average Bonchev–Trinajstić information content (AvgIpc) is 2.36. The maximum Gasteiger partial charge on any atom is 0.349 e. The minimum atomic E-state index is -0.871. The molecule has 0 aromatic carbocycles. The third kappa shape index (κ3) is 7.09. The van der Waals surface area contributed by atoms with Crippen molar-refractivity contribution in [3.05, 3.63) is 11.5 Å². The molecule has 0 saturated heterocycles. The van der Waals surface area contributed by atoms with Gasteiger partial charge in [0.1, 0.15) is 5.78 Å². The summed E-state index contributed by atoms with van der Waals surface area (Å²) in [4.78, 5) is 22.7. The van der Waals surface area contributed by atoms with Gasteiger partial charge < -0.3 is 20.3 Å². The van der Waals surface area contributed by atoms with Gasteiger partial charge in [-0.1, -0.05) is 0 Å². The molecule has 8 nitrogen and oxygen atoms in total. The number of Topliss-reactive ketones (excluding diaryl/α,β-unsaturated/α-hetero) is 1. The summed E-state index contributed by atoms with van der Waals surface area (Å²) in [6.45, 7) is 6.47. The normalized spacial score (nSPS) is 13.5. The van der Waals surface area contributed by atoms with Crippen LogP contribution < -0.4 is 5.73 Å². The second-order valence-corrected chi connectivity index (χ2v) is 4.03. The maximum absolute atomic E-state index is 11.7. The molecule has 0 saturated carbocycles. The summed E-state index contributed by atoms with van der Waals surface area (Å²) < 4.78 is 9.60. The van der Waals surface area contributed by atoms with E-state index in [1.165, 1.54) is 6.92 Å². The standard InChI is InChI=1S/C13H21N3O5/c1-5-20-12(18)10(13(19)21-6-2)11(14)16-15-8(3)7-9(4)17/h18H,5-7H2,1-4H3,(H2,14,16)/b12-10?,15-8-. The summed E-state index contributed by atoms with van der Waals surface area (Å²) in [5.41, 5.74) is 5.64. The third-order valence-electron chi connectivity index (χ3n) is 2.06. The Balaban J connectivity index is 5.39. The van der Waals surface area contributed by atoms with Crippen LogP contribution >= 0.6 is 0 Å². The Morgan fingerprint density at radius 1 is 1.10 bits per heavy atom. The van der Waals surface area contributed by atoms with Crippen LogP contribution in [0.5, 0.6) is 0 Å². The highest BCUT2D eigenvalue weighted by Crippen LogP contribution is 2.07. The summed E-state index contributed by atoms with van der Waals surface area (Å²) in [5, 5.41) is 17.0. The second-order valence-electron chi connectivity index (χ2n) is 4.03. The zero-order valence-electron chi connectivity index (χ0n) is 12.7. The van der Waals surface area contributed by atoms with Crippen LogP contribution in [0.15, 0.2) is 21.7 Å². The van der Waals surface area contributed by atoms with Crippen LogP contribution in [0.1, 0.15) is 34.1 Å². The van der Waals surface area contributed by atoms with E-state index in [1.54, 1.807) is 20.8 Å². The van der Waals surface area contributed by atoms with Gasteiger partial charge in [-0.05, 0) is 27.7 Å². The van der Waals surface area contributed by atoms with Crippen LogP contribution in [0.2, 0.25) is 0 Å². The van der Waals surface area contributed by atoms with Gasteiger partial charge in [0.25, 0.3) is 5.95 Å². The molecule has 3 N–H and O–H groups in total. The van der Waals surface area contributed by atoms with E-state index in [1.807, 2.05) is 0 Å². The van der Waals surface area contributed by atoms with Gasteiger partial charge in [-0.15, -0.1) is 5.10 Å². The number of ether oxygens (including phenoxy) is 2. The van der Waals surface area contributed by atoms with Crippen molar-refractivity contribution >= 4 is 23.3 Å². The molecule has 118 valence electrons. The number of aliphatic hydroxyl groups excluding tert-OH is 1. The van der Waals surface area contributed by atoms with Crippen molar-refractivity contribution in [1.82, 2.24) is 0 Å². The Morgan fingerprint density at radius 3 is 2.14 bits per heavy atom. The van der Waals surface area contributed by atoms with Crippen LogP contribution in [-0.4, -0.2) is 41.6 Å². The lowest BCUT2D eigenvalue weighted by Crippen LogP contribution is -2.25. The van der Waals surface area contributed by atoms with Gasteiger partial charge in [-0.25, -0.2) is 4.79 Å². The molecule has 0 spiro atoms. The first-order valence-electron chi connectivity index (χ1n) is 6.42. The molecule has 0 aliphatic rings. The molecule has 0 aliphatic heterocycles. The first-order valence-corrected chi connectivity index (χ1v) is 6.42. The molecule has 0 atom stereocenters. The molecule has 0 fully saturated rings. The van der Waals surface area contributed by atoms with Crippen LogP contribution in [0.25, 0.3) is 0 Å². The van der Waals surface area contributed by atoms with E-state index >= 15 is 0 Å². The molecular weight excluding hydrogens is 278 g/mol. The number of aliphatic hydroxyl groups is 1. The molecule has 0 heterocycles. The van der Waals surface area contributed by atoms with Crippen molar-refractivity contribution in [2.75, 3.05) is 13.2 Å². The number of carbonyl (C=O) groups excluding carboxylic acids is 2. The summed E-state index contributed by atoms with van der Waals surface area (Å²) in [7, 11) is 0. The van der Waals surface area contributed by atoms with Crippen LogP contribution in [0.3, 0.4) is 0 Å². The predicted molar refractivity (Wildman–Crippen MR) is 77.9 cm³/mol. The number of hydrogen-bond acceptors (Lipinski definition) is 7. The number of ketones is 1. The van der Waals surface area contributed by atoms with Gasteiger partial charge in [0, 0.05) is 12.1 Å². The fourth-order valence-electron chi connectivity index (χ4n) is 1.30. The summed E-state index contributed by atoms with van der Waals surface area (Å²) in [5.74, 6) is -1.99. The monoisotopic (exact) mass is 299 g/mol. The highest BCUT2D eigenvalue weighted by Gasteiger charge is 2.22. The van der Waals surface area contributed by atoms with E-state index in [0.29, 0.717) is 5.71 Å². The summed E-state index contributed by atoms with van der Waals surface area (Å²) in [6.07, 6.45) is 0.118. The molecule has 21 heavy (non-hydrogen) atoms. The lowest BCUT2D eigenvalue weighted by atomic mass is 10.2. The SMILES string of the molecule is CCOC(=O)C(C(N)=N/N=C(/C)CC(C)=O)=C(O)OCC. The summed E-state index contributed by atoms with van der Waals surface area (Å²) >= 11 is 0. The lowest BCUT2D eigenvalue weighted by Gasteiger charge is -2.08. The van der Waals surface area contributed by atoms with E-state index in [-0.39, 0.29) is 31.3 Å². The fourth-order valence-corrected chi connectivity index (χ4v) is 1.30. The topological polar surface area (TPSA) is 124 Å². The Bertz CT molecular complexity index is 480. The van der Waals surface area contributed by atoms with Crippen molar-refractivity contribution in [3.8, 4) is 0 Å². The quantitative estimate of drug-likeness (QED) is 0.172. The Hall–Kier alpha value is -2.38. The number of nitrogens with two attached hydrogens (primary N) is 1. The van der Waals surface area contributed by atoms with Crippen molar-refractivity contribution in [1.29, 1.82) is 0 Å². The molecule has 0 unspecified atom stereocenters. The van der Waals surface area contributed by atoms with Crippen molar-refractivity contribution in [2.45, 2.75) is 34.1 Å². The largest absolute Gasteiger partial charge is 0.480 e. The molecule has 8 heteroatoms. The van der Waals surface area contributed by atoms with E-state index in [0.717, 1.165) is 0 Å². The highest BCUT2D eigenvalue weighted by atomic mass is 16.6. The van der Waals surface area contributed by atoms with Gasteiger partial charge >= 0.3 is 5.97 Å². The van der Waals surface area contributed by atoms with E-state index < -0.39 is 17.5 Å². The second kappa shape index (κ2) is 9.51. The number of esters is 1. The molecular formula is C13H21N3O5. The molecule has 0 aromatic rings. The summed E-state index contributed by atoms with van der Waals surface area (Å²) in [6, 6.07) is 0. The van der Waals surface area contributed by atoms with Crippen LogP contribution in [0.4, 0.5) is 0 Å². The maximum atomic E-state index is 11.7. The molecule has 0 bridgehead atoms. The minimum Gasteiger partial charge on any atom is -0.480 e. The zero-order chi connectivity index (χ0) is 16.4. The number of rotatable bonds is 8. The van der Waals surface area contributed by atoms with Crippen molar-refractivity contribution in [2.24, 2.45) is 15.9 Å². The molecule has 0 aliphatic carbocycles. The number of nitrogens with zero attached hydrogens (tertiary/aromatic N) is 2. The smallest absolute Gasteiger partial charge is 0.349 e. The Kier molecular flexibility index (Phi) is 8.43. The predicted octanol–water partition coefficient (Wildman–Crippen LogP) is 1.07. The van der Waals surface area contributed by atoms with E-state index in [4.69, 9.17) is 15.2 Å². The molecule has 0 radical (unpaired) electrons.